The first-order valence-corrected chi connectivity index (χ1v) is 6.51. The first-order chi connectivity index (χ1) is 10.7. The highest BCUT2D eigenvalue weighted by Gasteiger charge is 2.23. The maximum absolute atomic E-state index is 12.4. The molecule has 0 saturated carbocycles. The Kier molecular flexibility index (Phi) is 3.53. The van der Waals surface area contributed by atoms with E-state index in [0.717, 1.165) is 4.74 Å². The predicted molar refractivity (Wildman–Crippen MR) is 79.4 cm³/mol. The standard InChI is InChI=1S/C15H12N4O3/c1-19-12(13(20)18-15-16-8-5-9-17-15)11(14(21)22-19)10-6-3-2-4-7-10/h2-9H,1H3,(H,16,17,18,20). The zero-order valence-corrected chi connectivity index (χ0v) is 11.7. The Balaban J connectivity index is 2.04. The highest BCUT2D eigenvalue weighted by molar-refractivity contribution is 6.06. The number of anilines is 1. The molecule has 0 saturated heterocycles. The van der Waals surface area contributed by atoms with Crippen LogP contribution in [-0.4, -0.2) is 20.6 Å². The van der Waals surface area contributed by atoms with Gasteiger partial charge in [0.25, 0.3) is 5.91 Å². The molecule has 1 aromatic carbocycles. The van der Waals surface area contributed by atoms with Crippen LogP contribution in [0.2, 0.25) is 0 Å². The van der Waals surface area contributed by atoms with Crippen molar-refractivity contribution >= 4 is 11.9 Å². The van der Waals surface area contributed by atoms with Gasteiger partial charge in [-0.3, -0.25) is 10.1 Å². The summed E-state index contributed by atoms with van der Waals surface area (Å²) in [6, 6.07) is 10.5. The van der Waals surface area contributed by atoms with Crippen LogP contribution in [0.25, 0.3) is 11.1 Å². The third-order valence-corrected chi connectivity index (χ3v) is 3.04. The van der Waals surface area contributed by atoms with Crippen molar-refractivity contribution in [3.63, 3.8) is 0 Å². The van der Waals surface area contributed by atoms with Gasteiger partial charge < -0.3 is 4.52 Å². The van der Waals surface area contributed by atoms with Gasteiger partial charge in [-0.05, 0) is 11.6 Å². The average molecular weight is 296 g/mol. The van der Waals surface area contributed by atoms with Gasteiger partial charge in [0.1, 0.15) is 5.56 Å². The number of nitrogens with one attached hydrogen (secondary N) is 1. The van der Waals surface area contributed by atoms with Crippen molar-refractivity contribution in [3.05, 3.63) is 64.9 Å². The molecule has 110 valence electrons. The molecular formula is C15H12N4O3. The number of aromatic nitrogens is 3. The molecule has 0 radical (unpaired) electrons. The van der Waals surface area contributed by atoms with Crippen molar-refractivity contribution in [3.8, 4) is 11.1 Å². The Bertz CT molecular complexity index is 853. The summed E-state index contributed by atoms with van der Waals surface area (Å²) >= 11 is 0. The number of carbonyl (C=O) groups is 1. The molecule has 0 aliphatic rings. The Morgan fingerprint density at radius 1 is 1.14 bits per heavy atom. The second-order valence-corrected chi connectivity index (χ2v) is 4.49. The van der Waals surface area contributed by atoms with Crippen molar-refractivity contribution in [1.82, 2.24) is 14.7 Å². The van der Waals surface area contributed by atoms with Gasteiger partial charge in [-0.1, -0.05) is 30.3 Å². The third kappa shape index (κ3) is 2.51. The predicted octanol–water partition coefficient (Wildman–Crippen LogP) is 1.69. The zero-order chi connectivity index (χ0) is 15.5. The van der Waals surface area contributed by atoms with Gasteiger partial charge in [0.2, 0.25) is 5.95 Å². The average Bonchev–Trinajstić information content (AvgIpc) is 2.83. The van der Waals surface area contributed by atoms with Crippen LogP contribution >= 0.6 is 0 Å². The van der Waals surface area contributed by atoms with Crippen LogP contribution < -0.4 is 10.9 Å². The highest BCUT2D eigenvalue weighted by atomic mass is 16.5. The monoisotopic (exact) mass is 296 g/mol. The van der Waals surface area contributed by atoms with Crippen LogP contribution in [0.4, 0.5) is 5.95 Å². The lowest BCUT2D eigenvalue weighted by atomic mass is 10.1. The number of amides is 1. The van der Waals surface area contributed by atoms with Crippen LogP contribution in [0.15, 0.2) is 58.1 Å². The second-order valence-electron chi connectivity index (χ2n) is 4.49. The molecule has 0 spiro atoms. The van der Waals surface area contributed by atoms with Crippen LogP contribution in [0.5, 0.6) is 0 Å². The lowest BCUT2D eigenvalue weighted by molar-refractivity contribution is 0.100. The molecule has 3 aromatic rings. The maximum atomic E-state index is 12.4. The van der Waals surface area contributed by atoms with Gasteiger partial charge in [0.05, 0.1) is 0 Å². The van der Waals surface area contributed by atoms with Crippen LogP contribution in [0.1, 0.15) is 10.5 Å². The summed E-state index contributed by atoms with van der Waals surface area (Å²) in [5, 5.41) is 2.54. The smallest absolute Gasteiger partial charge is 0.335 e. The topological polar surface area (TPSA) is 90.0 Å². The molecule has 7 nitrogen and oxygen atoms in total. The Hall–Kier alpha value is -3.22. The van der Waals surface area contributed by atoms with E-state index in [1.807, 2.05) is 6.07 Å². The molecule has 0 aliphatic heterocycles. The highest BCUT2D eigenvalue weighted by Crippen LogP contribution is 2.20. The van der Waals surface area contributed by atoms with Crippen LogP contribution in [-0.2, 0) is 7.05 Å². The lowest BCUT2D eigenvalue weighted by Crippen LogP contribution is -2.18. The van der Waals surface area contributed by atoms with E-state index in [4.69, 9.17) is 4.52 Å². The molecular weight excluding hydrogens is 284 g/mol. The maximum Gasteiger partial charge on any atom is 0.366 e. The Labute approximate surface area is 125 Å². The first kappa shape index (κ1) is 13.7. The van der Waals surface area contributed by atoms with Crippen LogP contribution in [0.3, 0.4) is 0 Å². The fourth-order valence-electron chi connectivity index (χ4n) is 2.11. The van der Waals surface area contributed by atoms with Crippen molar-refractivity contribution in [1.29, 1.82) is 0 Å². The largest absolute Gasteiger partial charge is 0.366 e. The Morgan fingerprint density at radius 3 is 2.50 bits per heavy atom. The fraction of sp³-hybridized carbons (Fsp3) is 0.0667. The molecule has 0 bridgehead atoms. The summed E-state index contributed by atoms with van der Waals surface area (Å²) in [5.41, 5.74) is 0.351. The summed E-state index contributed by atoms with van der Waals surface area (Å²) in [6.45, 7) is 0. The minimum atomic E-state index is -0.576. The van der Waals surface area contributed by atoms with Crippen molar-refractivity contribution in [2.75, 3.05) is 5.32 Å². The van der Waals surface area contributed by atoms with E-state index in [-0.39, 0.29) is 17.2 Å². The lowest BCUT2D eigenvalue weighted by Gasteiger charge is -2.05. The number of carbonyl (C=O) groups excluding carboxylic acids is 1. The first-order valence-electron chi connectivity index (χ1n) is 6.51. The minimum absolute atomic E-state index is 0.114. The zero-order valence-electron chi connectivity index (χ0n) is 11.7. The molecule has 0 unspecified atom stereocenters. The number of hydrogen-bond acceptors (Lipinski definition) is 5. The van der Waals surface area contributed by atoms with Crippen molar-refractivity contribution < 1.29 is 9.32 Å². The number of benzene rings is 1. The molecule has 0 atom stereocenters. The summed E-state index contributed by atoms with van der Waals surface area (Å²) in [5.74, 6) is -0.362. The van der Waals surface area contributed by atoms with Gasteiger partial charge in [0, 0.05) is 19.4 Å². The molecule has 22 heavy (non-hydrogen) atoms. The van der Waals surface area contributed by atoms with Gasteiger partial charge in [-0.15, -0.1) is 0 Å². The summed E-state index contributed by atoms with van der Waals surface area (Å²) < 4.78 is 6.16. The number of nitrogens with zero attached hydrogens (tertiary/aromatic N) is 3. The molecule has 3 rings (SSSR count). The Morgan fingerprint density at radius 2 is 1.82 bits per heavy atom. The van der Waals surface area contributed by atoms with Crippen LogP contribution in [0, 0.1) is 0 Å². The van der Waals surface area contributed by atoms with E-state index in [1.165, 1.54) is 19.4 Å². The second kappa shape index (κ2) is 5.65. The van der Waals surface area contributed by atoms with E-state index in [9.17, 15) is 9.59 Å². The SMILES string of the molecule is Cn1oc(=O)c(-c2ccccc2)c1C(=O)Nc1ncccn1. The fourth-order valence-corrected chi connectivity index (χ4v) is 2.11. The third-order valence-electron chi connectivity index (χ3n) is 3.04. The van der Waals surface area contributed by atoms with E-state index in [2.05, 4.69) is 15.3 Å². The number of aryl methyl sites for hydroxylation is 1. The van der Waals surface area contributed by atoms with Gasteiger partial charge in [-0.2, -0.15) is 0 Å². The molecule has 0 fully saturated rings. The summed E-state index contributed by atoms with van der Waals surface area (Å²) in [4.78, 5) is 32.3. The summed E-state index contributed by atoms with van der Waals surface area (Å²) in [6.07, 6.45) is 3.02. The summed E-state index contributed by atoms with van der Waals surface area (Å²) in [7, 11) is 1.49. The number of rotatable bonds is 3. The minimum Gasteiger partial charge on any atom is -0.335 e. The van der Waals surface area contributed by atoms with Gasteiger partial charge >= 0.3 is 5.63 Å². The molecule has 1 N–H and O–H groups in total. The van der Waals surface area contributed by atoms with Gasteiger partial charge in [0.15, 0.2) is 5.69 Å². The normalized spacial score (nSPS) is 10.4. The van der Waals surface area contributed by atoms with Crippen molar-refractivity contribution in [2.45, 2.75) is 0 Å². The van der Waals surface area contributed by atoms with E-state index < -0.39 is 11.5 Å². The molecule has 2 heterocycles. The number of hydrogen-bond donors (Lipinski definition) is 1. The van der Waals surface area contributed by atoms with E-state index in [1.54, 1.807) is 30.3 Å². The van der Waals surface area contributed by atoms with Gasteiger partial charge in [-0.25, -0.2) is 19.5 Å². The molecule has 0 aliphatic carbocycles. The molecule has 7 heteroatoms. The molecule has 1 amide bonds. The quantitative estimate of drug-likeness (QED) is 0.794. The van der Waals surface area contributed by atoms with E-state index >= 15 is 0 Å². The molecule has 2 aromatic heterocycles. The van der Waals surface area contributed by atoms with Crippen molar-refractivity contribution in [2.24, 2.45) is 7.05 Å². The van der Waals surface area contributed by atoms with E-state index in [0.29, 0.717) is 5.56 Å².